The SMILES string of the molecule is N#Cc1cc2cc3cc(S)c(S)cc3cc2cc1C#N. The van der Waals surface area contributed by atoms with Gasteiger partial charge in [0, 0.05) is 9.79 Å². The van der Waals surface area contributed by atoms with Crippen LogP contribution in [0, 0.1) is 22.7 Å². The third-order valence-corrected chi connectivity index (χ3v) is 4.18. The van der Waals surface area contributed by atoms with Gasteiger partial charge in [0.05, 0.1) is 11.1 Å². The van der Waals surface area contributed by atoms with Gasteiger partial charge in [0.1, 0.15) is 12.1 Å². The fraction of sp³-hybridized carbons (Fsp3) is 0. The molecule has 0 N–H and O–H groups in total. The number of hydrogen-bond donors (Lipinski definition) is 2. The van der Waals surface area contributed by atoms with Crippen molar-refractivity contribution in [3.05, 3.63) is 47.5 Å². The van der Waals surface area contributed by atoms with Crippen molar-refractivity contribution in [1.82, 2.24) is 0 Å². The summed E-state index contributed by atoms with van der Waals surface area (Å²) in [6.45, 7) is 0. The molecule has 94 valence electrons. The number of rotatable bonds is 0. The number of hydrogen-bond acceptors (Lipinski definition) is 4. The molecule has 3 aromatic rings. The summed E-state index contributed by atoms with van der Waals surface area (Å²) in [7, 11) is 0. The molecule has 0 spiro atoms. The van der Waals surface area contributed by atoms with Gasteiger partial charge >= 0.3 is 0 Å². The normalized spacial score (nSPS) is 10.4. The van der Waals surface area contributed by atoms with E-state index in [1.807, 2.05) is 24.3 Å². The molecule has 0 heterocycles. The molecule has 0 bridgehead atoms. The van der Waals surface area contributed by atoms with Crippen LogP contribution < -0.4 is 0 Å². The van der Waals surface area contributed by atoms with Crippen molar-refractivity contribution in [3.8, 4) is 12.1 Å². The van der Waals surface area contributed by atoms with Gasteiger partial charge in [-0.3, -0.25) is 0 Å². The Morgan fingerprint density at radius 2 is 0.950 bits per heavy atom. The van der Waals surface area contributed by atoms with Gasteiger partial charge in [0.2, 0.25) is 0 Å². The first kappa shape index (κ1) is 12.9. The molecule has 0 amide bonds. The lowest BCUT2D eigenvalue weighted by atomic mass is 9.99. The zero-order valence-corrected chi connectivity index (χ0v) is 12.0. The van der Waals surface area contributed by atoms with E-state index in [1.54, 1.807) is 12.1 Å². The van der Waals surface area contributed by atoms with Crippen molar-refractivity contribution in [2.75, 3.05) is 0 Å². The molecule has 0 fully saturated rings. The Morgan fingerprint density at radius 1 is 0.600 bits per heavy atom. The molecule has 0 radical (unpaired) electrons. The highest BCUT2D eigenvalue weighted by Gasteiger charge is 2.07. The smallest absolute Gasteiger partial charge is 0.101 e. The molecule has 0 atom stereocenters. The Balaban J connectivity index is 2.43. The van der Waals surface area contributed by atoms with Gasteiger partial charge < -0.3 is 0 Å². The molecule has 0 unspecified atom stereocenters. The van der Waals surface area contributed by atoms with Crippen LogP contribution in [-0.4, -0.2) is 0 Å². The summed E-state index contributed by atoms with van der Waals surface area (Å²) in [4.78, 5) is 1.63. The van der Waals surface area contributed by atoms with Gasteiger partial charge in [0.15, 0.2) is 0 Å². The van der Waals surface area contributed by atoms with Crippen molar-refractivity contribution >= 4 is 46.8 Å². The summed E-state index contributed by atoms with van der Waals surface area (Å²) in [6.07, 6.45) is 0. The molecular weight excluding hydrogens is 284 g/mol. The van der Waals surface area contributed by atoms with E-state index in [0.717, 1.165) is 31.3 Å². The maximum atomic E-state index is 9.08. The summed E-state index contributed by atoms with van der Waals surface area (Å²) >= 11 is 8.73. The highest BCUT2D eigenvalue weighted by atomic mass is 32.1. The maximum absolute atomic E-state index is 9.08. The van der Waals surface area contributed by atoms with Crippen LogP contribution in [0.25, 0.3) is 21.5 Å². The third kappa shape index (κ3) is 2.00. The van der Waals surface area contributed by atoms with Crippen molar-refractivity contribution in [2.45, 2.75) is 9.79 Å². The van der Waals surface area contributed by atoms with Gasteiger partial charge in [0.25, 0.3) is 0 Å². The molecule has 3 rings (SSSR count). The van der Waals surface area contributed by atoms with Gasteiger partial charge in [-0.15, -0.1) is 25.3 Å². The summed E-state index contributed by atoms with van der Waals surface area (Å²) in [5.41, 5.74) is 0.799. The van der Waals surface area contributed by atoms with Crippen LogP contribution in [0.1, 0.15) is 11.1 Å². The fourth-order valence-corrected chi connectivity index (χ4v) is 2.67. The summed E-state index contributed by atoms with van der Waals surface area (Å²) in [6, 6.07) is 15.5. The molecule has 0 aromatic heterocycles. The minimum absolute atomic E-state index is 0.399. The Labute approximate surface area is 127 Å². The molecule has 0 saturated carbocycles. The topological polar surface area (TPSA) is 47.6 Å². The largest absolute Gasteiger partial charge is 0.192 e. The second-order valence-electron chi connectivity index (χ2n) is 4.51. The van der Waals surface area contributed by atoms with E-state index in [0.29, 0.717) is 11.1 Å². The molecule has 2 nitrogen and oxygen atoms in total. The summed E-state index contributed by atoms with van der Waals surface area (Å²) in [5, 5.41) is 22.1. The van der Waals surface area contributed by atoms with Crippen LogP contribution in [0.2, 0.25) is 0 Å². The number of nitriles is 2. The minimum atomic E-state index is 0.399. The van der Waals surface area contributed by atoms with Crippen molar-refractivity contribution < 1.29 is 0 Å². The van der Waals surface area contributed by atoms with Crippen LogP contribution in [0.4, 0.5) is 0 Å². The Morgan fingerprint density at radius 3 is 1.30 bits per heavy atom. The molecule has 0 saturated heterocycles. The van der Waals surface area contributed by atoms with E-state index in [1.165, 1.54) is 0 Å². The molecular formula is C16H8N2S2. The first-order valence-corrected chi connectivity index (χ1v) is 6.75. The van der Waals surface area contributed by atoms with E-state index in [9.17, 15) is 0 Å². The second-order valence-corrected chi connectivity index (χ2v) is 5.47. The predicted molar refractivity (Wildman–Crippen MR) is 85.4 cm³/mol. The number of nitrogens with zero attached hydrogens (tertiary/aromatic N) is 2. The molecule has 3 aromatic carbocycles. The number of benzene rings is 3. The van der Waals surface area contributed by atoms with Crippen LogP contribution in [0.5, 0.6) is 0 Å². The molecule has 0 aliphatic heterocycles. The van der Waals surface area contributed by atoms with E-state index >= 15 is 0 Å². The lowest BCUT2D eigenvalue weighted by Crippen LogP contribution is -1.86. The van der Waals surface area contributed by atoms with Gasteiger partial charge in [-0.05, 0) is 57.9 Å². The standard InChI is InChI=1S/C16H8N2S2/c17-7-13-3-9-1-11-5-15(19)16(20)6-12(11)2-10(9)4-14(13)8-18/h1-6,19-20H. The maximum Gasteiger partial charge on any atom is 0.101 e. The van der Waals surface area contributed by atoms with Crippen molar-refractivity contribution in [2.24, 2.45) is 0 Å². The number of thiol groups is 2. The zero-order chi connectivity index (χ0) is 14.3. The molecule has 4 heteroatoms. The van der Waals surface area contributed by atoms with Crippen molar-refractivity contribution in [3.63, 3.8) is 0 Å². The monoisotopic (exact) mass is 292 g/mol. The quantitative estimate of drug-likeness (QED) is 0.479. The van der Waals surface area contributed by atoms with Gasteiger partial charge in [-0.25, -0.2) is 0 Å². The van der Waals surface area contributed by atoms with Crippen molar-refractivity contribution in [1.29, 1.82) is 10.5 Å². The first-order chi connectivity index (χ1) is 9.62. The molecule has 0 aliphatic rings. The van der Waals surface area contributed by atoms with E-state index in [-0.39, 0.29) is 0 Å². The van der Waals surface area contributed by atoms with Gasteiger partial charge in [-0.1, -0.05) is 0 Å². The highest BCUT2D eigenvalue weighted by molar-refractivity contribution is 7.83. The lowest BCUT2D eigenvalue weighted by molar-refractivity contribution is 1.30. The Kier molecular flexibility index (Phi) is 3.06. The minimum Gasteiger partial charge on any atom is -0.192 e. The fourth-order valence-electron chi connectivity index (χ4n) is 2.26. The number of fused-ring (bicyclic) bond motifs is 2. The first-order valence-electron chi connectivity index (χ1n) is 5.86. The second kappa shape index (κ2) is 4.76. The molecule has 0 aliphatic carbocycles. The average molecular weight is 292 g/mol. The average Bonchev–Trinajstić information content (AvgIpc) is 2.45. The lowest BCUT2D eigenvalue weighted by Gasteiger charge is -2.06. The van der Waals surface area contributed by atoms with Gasteiger partial charge in [-0.2, -0.15) is 10.5 Å². The highest BCUT2D eigenvalue weighted by Crippen LogP contribution is 2.30. The van der Waals surface area contributed by atoms with Crippen LogP contribution in [0.15, 0.2) is 46.2 Å². The third-order valence-electron chi connectivity index (χ3n) is 3.27. The van der Waals surface area contributed by atoms with Crippen LogP contribution >= 0.6 is 25.3 Å². The zero-order valence-electron chi connectivity index (χ0n) is 10.3. The summed E-state index contributed by atoms with van der Waals surface area (Å²) < 4.78 is 0. The van der Waals surface area contributed by atoms with E-state index in [2.05, 4.69) is 37.4 Å². The molecule has 20 heavy (non-hydrogen) atoms. The van der Waals surface area contributed by atoms with Crippen LogP contribution in [0.3, 0.4) is 0 Å². The predicted octanol–water partition coefficient (Wildman–Crippen LogP) is 4.31. The van der Waals surface area contributed by atoms with Crippen LogP contribution in [-0.2, 0) is 0 Å². The Hall–Kier alpha value is -2.14. The van der Waals surface area contributed by atoms with E-state index < -0.39 is 0 Å². The van der Waals surface area contributed by atoms with E-state index in [4.69, 9.17) is 10.5 Å². The Bertz CT molecular complexity index is 869. The summed E-state index contributed by atoms with van der Waals surface area (Å²) in [5.74, 6) is 0.